The number of hydrogen-bond donors (Lipinski definition) is 2. The highest BCUT2D eigenvalue weighted by Crippen LogP contribution is 2.26. The smallest absolute Gasteiger partial charge is 0.255 e. The van der Waals surface area contributed by atoms with Gasteiger partial charge < -0.3 is 19.7 Å². The number of H-pyrrole nitrogens is 1. The van der Waals surface area contributed by atoms with E-state index in [1.54, 1.807) is 13.2 Å². The number of nitrogens with zero attached hydrogens (tertiary/aromatic N) is 2. The molecule has 2 aromatic carbocycles. The van der Waals surface area contributed by atoms with Crippen LogP contribution in [0.5, 0.6) is 11.5 Å². The third-order valence-electron chi connectivity index (χ3n) is 5.24. The summed E-state index contributed by atoms with van der Waals surface area (Å²) in [5.41, 5.74) is 2.57. The quantitative estimate of drug-likeness (QED) is 0.628. The number of rotatable bonds is 7. The van der Waals surface area contributed by atoms with Crippen molar-refractivity contribution < 1.29 is 14.3 Å². The van der Waals surface area contributed by atoms with Crippen molar-refractivity contribution in [2.45, 2.75) is 19.4 Å². The summed E-state index contributed by atoms with van der Waals surface area (Å²) in [6.07, 6.45) is 0.868. The van der Waals surface area contributed by atoms with Crippen molar-refractivity contribution in [3.8, 4) is 22.8 Å². The van der Waals surface area contributed by atoms with Gasteiger partial charge in [-0.1, -0.05) is 12.1 Å². The van der Waals surface area contributed by atoms with E-state index in [0.717, 1.165) is 42.3 Å². The van der Waals surface area contributed by atoms with Crippen molar-refractivity contribution in [2.24, 2.45) is 0 Å². The Morgan fingerprint density at radius 3 is 2.80 bits per heavy atom. The molecule has 0 saturated carbocycles. The molecule has 0 radical (unpaired) electrons. The molecule has 2 N–H and O–H groups in total. The molecule has 1 aliphatic rings. The van der Waals surface area contributed by atoms with Crippen LogP contribution in [0.15, 0.2) is 54.6 Å². The first-order chi connectivity index (χ1) is 14.7. The molecular formula is C23H26N4O3. The van der Waals surface area contributed by atoms with Crippen LogP contribution < -0.4 is 19.7 Å². The zero-order valence-electron chi connectivity index (χ0n) is 17.2. The van der Waals surface area contributed by atoms with Gasteiger partial charge in [-0.05, 0) is 55.3 Å². The van der Waals surface area contributed by atoms with Gasteiger partial charge in [-0.3, -0.25) is 9.89 Å². The van der Waals surface area contributed by atoms with Gasteiger partial charge >= 0.3 is 0 Å². The fourth-order valence-electron chi connectivity index (χ4n) is 3.68. The van der Waals surface area contributed by atoms with Crippen molar-refractivity contribution in [1.29, 1.82) is 0 Å². The molecule has 0 aliphatic carbocycles. The average molecular weight is 406 g/mol. The largest absolute Gasteiger partial charge is 0.497 e. The number of amides is 1. The first kappa shape index (κ1) is 19.8. The highest BCUT2D eigenvalue weighted by molar-refractivity contribution is 5.97. The van der Waals surface area contributed by atoms with Gasteiger partial charge in [0.1, 0.15) is 11.5 Å². The number of methoxy groups -OCH3 is 1. The van der Waals surface area contributed by atoms with Crippen molar-refractivity contribution in [1.82, 2.24) is 15.5 Å². The Kier molecular flexibility index (Phi) is 5.88. The van der Waals surface area contributed by atoms with Crippen molar-refractivity contribution in [2.75, 3.05) is 31.7 Å². The number of para-hydroxylation sites is 1. The molecule has 1 aromatic heterocycles. The van der Waals surface area contributed by atoms with Crippen LogP contribution in [0.2, 0.25) is 0 Å². The van der Waals surface area contributed by atoms with E-state index < -0.39 is 0 Å². The molecule has 30 heavy (non-hydrogen) atoms. The topological polar surface area (TPSA) is 79.5 Å². The van der Waals surface area contributed by atoms with Crippen molar-refractivity contribution in [3.05, 3.63) is 60.2 Å². The molecule has 156 valence electrons. The van der Waals surface area contributed by atoms with Gasteiger partial charge in [-0.25, -0.2) is 0 Å². The Bertz CT molecular complexity index is 1000. The van der Waals surface area contributed by atoms with Crippen LogP contribution in [0.25, 0.3) is 11.3 Å². The maximum Gasteiger partial charge on any atom is 0.255 e. The minimum Gasteiger partial charge on any atom is -0.497 e. The molecular weight excluding hydrogens is 380 g/mol. The van der Waals surface area contributed by atoms with E-state index >= 15 is 0 Å². The highest BCUT2D eigenvalue weighted by Gasteiger charge is 2.26. The minimum absolute atomic E-state index is 0.0633. The molecule has 2 heterocycles. The standard InChI is InChI=1S/C23H26N4O3/c1-3-30-21-7-5-4-6-19(21)23(28)24-17-12-13-27(15-17)22-14-20(25-26-22)16-8-10-18(29-2)11-9-16/h4-11,14,17H,3,12-13,15H2,1-2H3,(H,24,28)(H,25,26)/t17-/m1/s1. The summed E-state index contributed by atoms with van der Waals surface area (Å²) < 4.78 is 10.8. The Balaban J connectivity index is 1.39. The Morgan fingerprint density at radius 2 is 2.03 bits per heavy atom. The van der Waals surface area contributed by atoms with E-state index in [1.807, 2.05) is 55.5 Å². The first-order valence-electron chi connectivity index (χ1n) is 10.2. The van der Waals surface area contributed by atoms with Crippen LogP contribution in [0, 0.1) is 0 Å². The van der Waals surface area contributed by atoms with Gasteiger partial charge in [0, 0.05) is 25.2 Å². The van der Waals surface area contributed by atoms with Crippen LogP contribution in [-0.2, 0) is 0 Å². The summed E-state index contributed by atoms with van der Waals surface area (Å²) in [4.78, 5) is 14.9. The summed E-state index contributed by atoms with van der Waals surface area (Å²) in [6, 6.07) is 17.3. The number of carbonyl (C=O) groups excluding carboxylic acids is 1. The second-order valence-corrected chi connectivity index (χ2v) is 7.20. The molecule has 1 saturated heterocycles. The number of benzene rings is 2. The molecule has 1 fully saturated rings. The summed E-state index contributed by atoms with van der Waals surface area (Å²) in [7, 11) is 1.65. The predicted molar refractivity (Wildman–Crippen MR) is 116 cm³/mol. The van der Waals surface area contributed by atoms with Crippen LogP contribution in [0.4, 0.5) is 5.82 Å². The van der Waals surface area contributed by atoms with E-state index in [2.05, 4.69) is 20.4 Å². The number of carbonyl (C=O) groups is 1. The molecule has 0 bridgehead atoms. The van der Waals surface area contributed by atoms with Crippen LogP contribution in [0.3, 0.4) is 0 Å². The molecule has 7 nitrogen and oxygen atoms in total. The summed E-state index contributed by atoms with van der Waals surface area (Å²) in [6.45, 7) is 3.99. The second kappa shape index (κ2) is 8.90. The maximum absolute atomic E-state index is 12.7. The fraction of sp³-hybridized carbons (Fsp3) is 0.304. The Hall–Kier alpha value is -3.48. The van der Waals surface area contributed by atoms with E-state index in [4.69, 9.17) is 9.47 Å². The lowest BCUT2D eigenvalue weighted by atomic mass is 10.1. The lowest BCUT2D eigenvalue weighted by molar-refractivity contribution is 0.0936. The van der Waals surface area contributed by atoms with E-state index in [9.17, 15) is 4.79 Å². The molecule has 0 unspecified atom stereocenters. The highest BCUT2D eigenvalue weighted by atomic mass is 16.5. The Morgan fingerprint density at radius 1 is 1.23 bits per heavy atom. The SMILES string of the molecule is CCOc1ccccc1C(=O)N[C@@H]1CCN(c2cc(-c3ccc(OC)cc3)[nH]n2)C1. The normalized spacial score (nSPS) is 15.8. The molecule has 4 rings (SSSR count). The monoisotopic (exact) mass is 406 g/mol. The number of ether oxygens (including phenoxy) is 2. The first-order valence-corrected chi connectivity index (χ1v) is 10.2. The van der Waals surface area contributed by atoms with E-state index in [0.29, 0.717) is 17.9 Å². The van der Waals surface area contributed by atoms with Crippen LogP contribution in [0.1, 0.15) is 23.7 Å². The molecule has 7 heteroatoms. The third kappa shape index (κ3) is 4.25. The van der Waals surface area contributed by atoms with Gasteiger partial charge in [0.25, 0.3) is 5.91 Å². The lowest BCUT2D eigenvalue weighted by Gasteiger charge is -2.17. The van der Waals surface area contributed by atoms with Crippen molar-refractivity contribution >= 4 is 11.7 Å². The van der Waals surface area contributed by atoms with Gasteiger partial charge in [0.2, 0.25) is 0 Å². The molecule has 3 aromatic rings. The molecule has 1 atom stereocenters. The third-order valence-corrected chi connectivity index (χ3v) is 5.24. The maximum atomic E-state index is 12.7. The fourth-order valence-corrected chi connectivity index (χ4v) is 3.68. The van der Waals surface area contributed by atoms with E-state index in [1.165, 1.54) is 0 Å². The molecule has 0 spiro atoms. The minimum atomic E-state index is -0.105. The van der Waals surface area contributed by atoms with Gasteiger partial charge in [-0.2, -0.15) is 5.10 Å². The predicted octanol–water partition coefficient (Wildman–Crippen LogP) is 3.49. The molecule has 1 aliphatic heterocycles. The molecule has 1 amide bonds. The number of aromatic amines is 1. The number of hydrogen-bond acceptors (Lipinski definition) is 5. The Labute approximate surface area is 176 Å². The number of nitrogens with one attached hydrogen (secondary N) is 2. The average Bonchev–Trinajstić information content (AvgIpc) is 3.44. The van der Waals surface area contributed by atoms with Gasteiger partial charge in [0.05, 0.1) is 25.0 Å². The second-order valence-electron chi connectivity index (χ2n) is 7.20. The zero-order valence-corrected chi connectivity index (χ0v) is 17.2. The zero-order chi connectivity index (χ0) is 20.9. The summed E-state index contributed by atoms with van der Waals surface area (Å²) >= 11 is 0. The number of anilines is 1. The summed E-state index contributed by atoms with van der Waals surface area (Å²) in [5, 5.41) is 10.7. The van der Waals surface area contributed by atoms with Crippen molar-refractivity contribution in [3.63, 3.8) is 0 Å². The number of aromatic nitrogens is 2. The van der Waals surface area contributed by atoms with Gasteiger partial charge in [-0.15, -0.1) is 0 Å². The summed E-state index contributed by atoms with van der Waals surface area (Å²) in [5.74, 6) is 2.21. The lowest BCUT2D eigenvalue weighted by Crippen LogP contribution is -2.37. The van der Waals surface area contributed by atoms with E-state index in [-0.39, 0.29) is 11.9 Å². The van der Waals surface area contributed by atoms with Gasteiger partial charge in [0.15, 0.2) is 5.82 Å². The van der Waals surface area contributed by atoms with Crippen LogP contribution in [-0.4, -0.2) is 49.0 Å². The van der Waals surface area contributed by atoms with Crippen LogP contribution >= 0.6 is 0 Å².